The fourth-order valence-corrected chi connectivity index (χ4v) is 5.83. The Hall–Kier alpha value is -1.74. The Morgan fingerprint density at radius 3 is 2.67 bits per heavy atom. The molecule has 1 fully saturated rings. The van der Waals surface area contributed by atoms with Crippen molar-refractivity contribution in [1.29, 1.82) is 0 Å². The third-order valence-electron chi connectivity index (χ3n) is 4.64. The Balaban J connectivity index is 1.57. The number of carbonyl (C=O) groups is 1. The molecule has 1 aliphatic heterocycles. The van der Waals surface area contributed by atoms with E-state index in [2.05, 4.69) is 5.32 Å². The Morgan fingerprint density at radius 2 is 2.00 bits per heavy atom. The van der Waals surface area contributed by atoms with Gasteiger partial charge in [0.2, 0.25) is 5.91 Å². The van der Waals surface area contributed by atoms with Gasteiger partial charge < -0.3 is 10.1 Å². The van der Waals surface area contributed by atoms with Gasteiger partial charge in [-0.1, -0.05) is 30.3 Å². The fourth-order valence-electron chi connectivity index (χ4n) is 3.17. The molecule has 27 heavy (non-hydrogen) atoms. The highest BCUT2D eigenvalue weighted by Gasteiger charge is 2.33. The maximum atomic E-state index is 12.7. The molecular weight excluding hydrogens is 384 g/mol. The highest BCUT2D eigenvalue weighted by Crippen LogP contribution is 2.26. The van der Waals surface area contributed by atoms with Crippen molar-refractivity contribution in [2.45, 2.75) is 30.2 Å². The first-order valence-corrected chi connectivity index (χ1v) is 11.2. The Labute approximate surface area is 164 Å². The third kappa shape index (κ3) is 4.95. The number of hydrogen-bond donors (Lipinski definition) is 1. The summed E-state index contributed by atoms with van der Waals surface area (Å²) in [6.07, 6.45) is 1.39. The van der Waals surface area contributed by atoms with Gasteiger partial charge in [0.25, 0.3) is 10.0 Å². The van der Waals surface area contributed by atoms with E-state index in [9.17, 15) is 13.2 Å². The molecule has 8 heteroatoms. The highest BCUT2D eigenvalue weighted by atomic mass is 32.2. The molecule has 0 aliphatic carbocycles. The third-order valence-corrected chi connectivity index (χ3v) is 7.88. The van der Waals surface area contributed by atoms with Gasteiger partial charge in [0.15, 0.2) is 0 Å². The first-order chi connectivity index (χ1) is 13.0. The summed E-state index contributed by atoms with van der Waals surface area (Å²) in [7, 11) is -1.85. The molecule has 2 heterocycles. The molecule has 0 saturated carbocycles. The van der Waals surface area contributed by atoms with Crippen LogP contribution in [-0.4, -0.2) is 38.8 Å². The number of nitrogens with zero attached hydrogens (tertiary/aromatic N) is 1. The number of amides is 1. The maximum absolute atomic E-state index is 12.7. The second-order valence-electron chi connectivity index (χ2n) is 6.60. The largest absolute Gasteiger partial charge is 0.380 e. The molecule has 0 bridgehead atoms. The molecule has 0 spiro atoms. The van der Waals surface area contributed by atoms with Crippen LogP contribution in [0.25, 0.3) is 0 Å². The van der Waals surface area contributed by atoms with Crippen LogP contribution in [0.5, 0.6) is 0 Å². The van der Waals surface area contributed by atoms with Gasteiger partial charge in [-0.2, -0.15) is 4.31 Å². The number of hydrogen-bond acceptors (Lipinski definition) is 5. The lowest BCUT2D eigenvalue weighted by Gasteiger charge is -2.30. The summed E-state index contributed by atoms with van der Waals surface area (Å²) < 4.78 is 32.2. The van der Waals surface area contributed by atoms with Gasteiger partial charge in [-0.05, 0) is 35.4 Å². The molecule has 3 rings (SSSR count). The van der Waals surface area contributed by atoms with Crippen molar-refractivity contribution in [3.63, 3.8) is 0 Å². The predicted octanol–water partition coefficient (Wildman–Crippen LogP) is 2.61. The molecule has 2 aromatic rings. The summed E-state index contributed by atoms with van der Waals surface area (Å²) in [5, 5.41) is 4.69. The van der Waals surface area contributed by atoms with Crippen LogP contribution in [0.4, 0.5) is 0 Å². The van der Waals surface area contributed by atoms with Gasteiger partial charge in [0, 0.05) is 26.7 Å². The average molecular weight is 409 g/mol. The number of benzene rings is 1. The Kier molecular flexibility index (Phi) is 6.64. The molecule has 1 unspecified atom stereocenters. The fraction of sp³-hybridized carbons (Fsp3) is 0.421. The monoisotopic (exact) mass is 408 g/mol. The number of sulfonamides is 1. The van der Waals surface area contributed by atoms with E-state index in [4.69, 9.17) is 4.74 Å². The summed E-state index contributed by atoms with van der Waals surface area (Å²) in [5.74, 6) is -0.414. The number of methoxy groups -OCH3 is 1. The second kappa shape index (κ2) is 8.97. The Bertz CT molecular complexity index is 848. The van der Waals surface area contributed by atoms with E-state index in [1.54, 1.807) is 24.6 Å². The lowest BCUT2D eigenvalue weighted by molar-refractivity contribution is -0.126. The molecule has 1 aromatic carbocycles. The molecule has 0 radical (unpaired) electrons. The zero-order chi connectivity index (χ0) is 19.3. The topological polar surface area (TPSA) is 75.7 Å². The van der Waals surface area contributed by atoms with Crippen LogP contribution < -0.4 is 5.32 Å². The smallest absolute Gasteiger partial charge is 0.252 e. The van der Waals surface area contributed by atoms with Gasteiger partial charge in [0.1, 0.15) is 4.21 Å². The summed E-state index contributed by atoms with van der Waals surface area (Å²) in [5.41, 5.74) is 2.08. The van der Waals surface area contributed by atoms with Gasteiger partial charge in [0.05, 0.1) is 12.5 Å². The number of nitrogens with one attached hydrogen (secondary N) is 1. The van der Waals surface area contributed by atoms with Crippen LogP contribution in [0.1, 0.15) is 24.0 Å². The summed E-state index contributed by atoms with van der Waals surface area (Å²) in [4.78, 5) is 12.5. The maximum Gasteiger partial charge on any atom is 0.252 e. The zero-order valence-electron chi connectivity index (χ0n) is 15.3. The van der Waals surface area contributed by atoms with Gasteiger partial charge >= 0.3 is 0 Å². The molecule has 6 nitrogen and oxygen atoms in total. The normalized spacial score (nSPS) is 18.3. The van der Waals surface area contributed by atoms with Crippen molar-refractivity contribution in [2.75, 3.05) is 20.2 Å². The van der Waals surface area contributed by atoms with Gasteiger partial charge in [-0.15, -0.1) is 11.3 Å². The van der Waals surface area contributed by atoms with Crippen LogP contribution in [0, 0.1) is 5.92 Å². The summed E-state index contributed by atoms with van der Waals surface area (Å²) in [6.45, 7) is 1.69. The minimum Gasteiger partial charge on any atom is -0.380 e. The van der Waals surface area contributed by atoms with Crippen LogP contribution in [0.3, 0.4) is 0 Å². The minimum atomic E-state index is -3.50. The number of thiophene rings is 1. The molecule has 1 N–H and O–H groups in total. The molecule has 146 valence electrons. The molecular formula is C19H24N2O4S2. The van der Waals surface area contributed by atoms with E-state index in [0.29, 0.717) is 36.7 Å². The first-order valence-electron chi connectivity index (χ1n) is 8.89. The van der Waals surface area contributed by atoms with E-state index >= 15 is 0 Å². The summed E-state index contributed by atoms with van der Waals surface area (Å²) >= 11 is 1.21. The Morgan fingerprint density at radius 1 is 1.26 bits per heavy atom. The van der Waals surface area contributed by atoms with Crippen LogP contribution in [0.15, 0.2) is 46.0 Å². The number of rotatable bonds is 7. The van der Waals surface area contributed by atoms with Crippen molar-refractivity contribution in [3.05, 3.63) is 52.9 Å². The number of carbonyl (C=O) groups excluding carboxylic acids is 1. The van der Waals surface area contributed by atoms with Crippen molar-refractivity contribution in [2.24, 2.45) is 5.92 Å². The number of ether oxygens (including phenoxy) is 1. The quantitative estimate of drug-likeness (QED) is 0.764. The van der Waals surface area contributed by atoms with E-state index < -0.39 is 10.0 Å². The standard InChI is InChI=1S/C19H24N2O4S2/c1-25-14-16-8-6-15(7-9-16)12-20-19(22)17-4-2-10-21(13-17)27(23,24)18-5-3-11-26-18/h3,5-9,11,17H,2,4,10,12-14H2,1H3,(H,20,22). The van der Waals surface area contributed by atoms with E-state index in [-0.39, 0.29) is 18.4 Å². The predicted molar refractivity (Wildman–Crippen MR) is 105 cm³/mol. The minimum absolute atomic E-state index is 0.0953. The first kappa shape index (κ1) is 20.0. The van der Waals surface area contributed by atoms with Crippen LogP contribution in [-0.2, 0) is 32.7 Å². The molecule has 1 aliphatic rings. The summed E-state index contributed by atoms with van der Waals surface area (Å²) in [6, 6.07) is 11.2. The molecule has 1 amide bonds. The van der Waals surface area contributed by atoms with Gasteiger partial charge in [-0.25, -0.2) is 8.42 Å². The SMILES string of the molecule is COCc1ccc(CNC(=O)C2CCCN(S(=O)(=O)c3cccs3)C2)cc1. The van der Waals surface area contributed by atoms with Crippen molar-refractivity contribution >= 4 is 27.3 Å². The zero-order valence-corrected chi connectivity index (χ0v) is 16.9. The number of piperidine rings is 1. The van der Waals surface area contributed by atoms with Crippen LogP contribution in [0.2, 0.25) is 0 Å². The molecule has 1 atom stereocenters. The van der Waals surface area contributed by atoms with Crippen molar-refractivity contribution in [1.82, 2.24) is 9.62 Å². The van der Waals surface area contributed by atoms with E-state index in [0.717, 1.165) is 11.1 Å². The average Bonchev–Trinajstić information content (AvgIpc) is 3.23. The van der Waals surface area contributed by atoms with Crippen molar-refractivity contribution < 1.29 is 17.9 Å². The lowest BCUT2D eigenvalue weighted by atomic mass is 9.98. The van der Waals surface area contributed by atoms with Crippen molar-refractivity contribution in [3.8, 4) is 0 Å². The van der Waals surface area contributed by atoms with Gasteiger partial charge in [-0.3, -0.25) is 4.79 Å². The van der Waals surface area contributed by atoms with E-state index in [1.807, 2.05) is 24.3 Å². The lowest BCUT2D eigenvalue weighted by Crippen LogP contribution is -2.45. The second-order valence-corrected chi connectivity index (χ2v) is 9.71. The van der Waals surface area contributed by atoms with Crippen LogP contribution >= 0.6 is 11.3 Å². The van der Waals surface area contributed by atoms with E-state index in [1.165, 1.54) is 15.6 Å². The highest BCUT2D eigenvalue weighted by molar-refractivity contribution is 7.91. The molecule has 1 saturated heterocycles. The molecule has 1 aromatic heterocycles.